The van der Waals surface area contributed by atoms with Crippen molar-refractivity contribution in [1.29, 1.82) is 0 Å². The number of nitrogens with zero attached hydrogens (tertiary/aromatic N) is 2. The van der Waals surface area contributed by atoms with Gasteiger partial charge in [-0.25, -0.2) is 4.98 Å². The van der Waals surface area contributed by atoms with Gasteiger partial charge in [-0.3, -0.25) is 14.9 Å². The molecule has 1 amide bonds. The average molecular weight is 326 g/mol. The third kappa shape index (κ3) is 3.77. The van der Waals surface area contributed by atoms with Gasteiger partial charge in [0.25, 0.3) is 11.6 Å². The van der Waals surface area contributed by atoms with E-state index >= 15 is 0 Å². The zero-order valence-electron chi connectivity index (χ0n) is 11.1. The van der Waals surface area contributed by atoms with Crippen molar-refractivity contribution >= 4 is 34.5 Å². The molecule has 0 unspecified atom stereocenters. The number of rotatable bonds is 5. The molecule has 0 aliphatic heterocycles. The van der Waals surface area contributed by atoms with Gasteiger partial charge in [0.15, 0.2) is 0 Å². The molecule has 2 rings (SSSR count). The third-order valence-electron chi connectivity index (χ3n) is 2.74. The van der Waals surface area contributed by atoms with Gasteiger partial charge in [-0.05, 0) is 12.5 Å². The highest BCUT2D eigenvalue weighted by atomic mass is 35.5. The number of aromatic nitrogens is 1. The van der Waals surface area contributed by atoms with Gasteiger partial charge in [-0.15, -0.1) is 11.3 Å². The van der Waals surface area contributed by atoms with Crippen LogP contribution in [0.4, 0.5) is 5.69 Å². The molecule has 2 aromatic rings. The maximum atomic E-state index is 12.0. The van der Waals surface area contributed by atoms with Gasteiger partial charge in [0.2, 0.25) is 0 Å². The highest BCUT2D eigenvalue weighted by Crippen LogP contribution is 2.22. The minimum atomic E-state index is -0.568. The first-order valence-corrected chi connectivity index (χ1v) is 7.42. The first-order valence-electron chi connectivity index (χ1n) is 6.16. The van der Waals surface area contributed by atoms with E-state index in [4.69, 9.17) is 11.6 Å². The van der Waals surface area contributed by atoms with E-state index in [0.29, 0.717) is 0 Å². The Labute approximate surface area is 129 Å². The maximum absolute atomic E-state index is 12.0. The first-order chi connectivity index (χ1) is 10.0. The fourth-order valence-corrected chi connectivity index (χ4v) is 2.61. The van der Waals surface area contributed by atoms with Crippen LogP contribution < -0.4 is 5.32 Å². The van der Waals surface area contributed by atoms with E-state index in [9.17, 15) is 14.9 Å². The average Bonchev–Trinajstić information content (AvgIpc) is 2.93. The second-order valence-corrected chi connectivity index (χ2v) is 5.54. The summed E-state index contributed by atoms with van der Waals surface area (Å²) in [6, 6.07) is 3.76. The van der Waals surface area contributed by atoms with Crippen molar-refractivity contribution < 1.29 is 9.72 Å². The largest absolute Gasteiger partial charge is 0.346 e. The summed E-state index contributed by atoms with van der Waals surface area (Å²) < 4.78 is 0. The minimum Gasteiger partial charge on any atom is -0.346 e. The number of carbonyl (C=O) groups is 1. The van der Waals surface area contributed by atoms with Gasteiger partial charge in [0, 0.05) is 17.5 Å². The molecular formula is C13H12ClN3O3S. The Morgan fingerprint density at radius 2 is 2.29 bits per heavy atom. The molecule has 0 saturated carbocycles. The Kier molecular flexibility index (Phi) is 4.87. The minimum absolute atomic E-state index is 0.0804. The molecule has 1 heterocycles. The van der Waals surface area contributed by atoms with Crippen molar-refractivity contribution in [3.63, 3.8) is 0 Å². The molecule has 0 atom stereocenters. The van der Waals surface area contributed by atoms with Crippen LogP contribution in [-0.4, -0.2) is 15.8 Å². The van der Waals surface area contributed by atoms with Crippen molar-refractivity contribution in [2.45, 2.75) is 19.9 Å². The Morgan fingerprint density at radius 1 is 1.52 bits per heavy atom. The number of nitro benzene ring substituents is 1. The van der Waals surface area contributed by atoms with E-state index in [0.717, 1.165) is 23.2 Å². The summed E-state index contributed by atoms with van der Waals surface area (Å²) in [6.45, 7) is 2.26. The van der Waals surface area contributed by atoms with Crippen molar-refractivity contribution in [1.82, 2.24) is 10.3 Å². The molecule has 110 valence electrons. The lowest BCUT2D eigenvalue weighted by Crippen LogP contribution is -2.23. The monoisotopic (exact) mass is 325 g/mol. The van der Waals surface area contributed by atoms with E-state index in [1.807, 2.05) is 12.3 Å². The number of nitrogens with one attached hydrogen (secondary N) is 1. The van der Waals surface area contributed by atoms with E-state index in [-0.39, 0.29) is 22.8 Å². The van der Waals surface area contributed by atoms with E-state index in [1.165, 1.54) is 23.5 Å². The Balaban J connectivity index is 2.09. The molecule has 1 aromatic carbocycles. The molecule has 0 saturated heterocycles. The molecule has 1 N–H and O–H groups in total. The normalized spacial score (nSPS) is 10.4. The van der Waals surface area contributed by atoms with Crippen LogP contribution in [0, 0.1) is 10.1 Å². The van der Waals surface area contributed by atoms with Gasteiger partial charge in [-0.1, -0.05) is 18.5 Å². The molecule has 21 heavy (non-hydrogen) atoms. The second kappa shape index (κ2) is 6.64. The summed E-state index contributed by atoms with van der Waals surface area (Å²) in [6.07, 6.45) is 0.843. The summed E-state index contributed by atoms with van der Waals surface area (Å²) in [7, 11) is 0. The summed E-state index contributed by atoms with van der Waals surface area (Å²) in [5, 5.41) is 16.4. The van der Waals surface area contributed by atoms with Crippen molar-refractivity contribution in [2.24, 2.45) is 0 Å². The van der Waals surface area contributed by atoms with Gasteiger partial charge in [0.1, 0.15) is 0 Å². The molecule has 0 spiro atoms. The fourth-order valence-electron chi connectivity index (χ4n) is 1.66. The molecule has 0 aliphatic carbocycles. The number of aryl methyl sites for hydroxylation is 1. The second-order valence-electron chi connectivity index (χ2n) is 4.19. The number of halogens is 1. The molecule has 0 fully saturated rings. The number of hydrogen-bond donors (Lipinski definition) is 1. The molecule has 0 radical (unpaired) electrons. The van der Waals surface area contributed by atoms with Crippen molar-refractivity contribution in [3.05, 3.63) is 55.0 Å². The highest BCUT2D eigenvalue weighted by molar-refractivity contribution is 7.09. The molecule has 8 heteroatoms. The molecule has 6 nitrogen and oxygen atoms in total. The lowest BCUT2D eigenvalue weighted by molar-refractivity contribution is -0.384. The summed E-state index contributed by atoms with van der Waals surface area (Å²) in [5.41, 5.74) is 0.662. The van der Waals surface area contributed by atoms with Crippen LogP contribution in [-0.2, 0) is 13.0 Å². The Bertz CT molecular complexity index is 687. The molecule has 0 bridgehead atoms. The zero-order valence-corrected chi connectivity index (χ0v) is 12.7. The number of non-ortho nitro benzene ring substituents is 1. The van der Waals surface area contributed by atoms with Crippen LogP contribution in [0.5, 0.6) is 0 Å². The summed E-state index contributed by atoms with van der Waals surface area (Å²) >= 11 is 7.44. The predicted octanol–water partition coefficient (Wildman–Crippen LogP) is 3.20. The number of hydrogen-bond acceptors (Lipinski definition) is 5. The number of nitro groups is 1. The number of amides is 1. The smallest absolute Gasteiger partial charge is 0.270 e. The van der Waals surface area contributed by atoms with Crippen LogP contribution >= 0.6 is 22.9 Å². The van der Waals surface area contributed by atoms with Crippen LogP contribution in [0.3, 0.4) is 0 Å². The van der Waals surface area contributed by atoms with Crippen LogP contribution in [0.1, 0.15) is 28.0 Å². The molecule has 0 aliphatic rings. The predicted molar refractivity (Wildman–Crippen MR) is 80.8 cm³/mol. The van der Waals surface area contributed by atoms with Gasteiger partial charge in [0.05, 0.1) is 32.8 Å². The lowest BCUT2D eigenvalue weighted by Gasteiger charge is -2.05. The third-order valence-corrected chi connectivity index (χ3v) is 4.11. The Hall–Kier alpha value is -1.99. The number of thiazole rings is 1. The van der Waals surface area contributed by atoms with Crippen molar-refractivity contribution in [2.75, 3.05) is 0 Å². The zero-order chi connectivity index (χ0) is 15.4. The number of carbonyl (C=O) groups excluding carboxylic acids is 1. The highest BCUT2D eigenvalue weighted by Gasteiger charge is 2.15. The SMILES string of the molecule is CCc1nc(CNC(=O)c2cc([N+](=O)[O-])ccc2Cl)cs1. The lowest BCUT2D eigenvalue weighted by atomic mass is 10.2. The van der Waals surface area contributed by atoms with Gasteiger partial charge < -0.3 is 5.32 Å². The standard InChI is InChI=1S/C13H12ClN3O3S/c1-2-12-16-8(7-21-12)6-15-13(18)10-5-9(17(19)20)3-4-11(10)14/h3-5,7H,2,6H2,1H3,(H,15,18). The fraction of sp³-hybridized carbons (Fsp3) is 0.231. The quantitative estimate of drug-likeness (QED) is 0.675. The van der Waals surface area contributed by atoms with Crippen LogP contribution in [0.25, 0.3) is 0 Å². The van der Waals surface area contributed by atoms with Crippen LogP contribution in [0.2, 0.25) is 5.02 Å². The van der Waals surface area contributed by atoms with Crippen molar-refractivity contribution in [3.8, 4) is 0 Å². The molecular weight excluding hydrogens is 314 g/mol. The van der Waals surface area contributed by atoms with Gasteiger partial charge in [-0.2, -0.15) is 0 Å². The van der Waals surface area contributed by atoms with E-state index in [1.54, 1.807) is 0 Å². The summed E-state index contributed by atoms with van der Waals surface area (Å²) in [5.74, 6) is -0.463. The molecule has 1 aromatic heterocycles. The summed E-state index contributed by atoms with van der Waals surface area (Å²) in [4.78, 5) is 26.5. The van der Waals surface area contributed by atoms with Crippen LogP contribution in [0.15, 0.2) is 23.6 Å². The Morgan fingerprint density at radius 3 is 2.90 bits per heavy atom. The van der Waals surface area contributed by atoms with E-state index < -0.39 is 10.8 Å². The topological polar surface area (TPSA) is 85.1 Å². The van der Waals surface area contributed by atoms with Gasteiger partial charge >= 0.3 is 0 Å². The number of benzene rings is 1. The maximum Gasteiger partial charge on any atom is 0.270 e. The first kappa shape index (κ1) is 15.4. The van der Waals surface area contributed by atoms with E-state index in [2.05, 4.69) is 10.3 Å².